The van der Waals surface area contributed by atoms with E-state index >= 15 is 0 Å². The van der Waals surface area contributed by atoms with Gasteiger partial charge in [-0.2, -0.15) is 0 Å². The summed E-state index contributed by atoms with van der Waals surface area (Å²) >= 11 is 0. The maximum Gasteiger partial charge on any atom is 0.410 e. The van der Waals surface area contributed by atoms with Gasteiger partial charge in [0.25, 0.3) is 11.8 Å². The lowest BCUT2D eigenvalue weighted by Crippen LogP contribution is -2.43. The second-order valence-corrected chi connectivity index (χ2v) is 17.3. The molecule has 0 aliphatic carbocycles. The number of carbonyl (C=O) groups excluding carboxylic acids is 3. The summed E-state index contributed by atoms with van der Waals surface area (Å²) < 4.78 is 33.6. The number of halogens is 2. The lowest BCUT2D eigenvalue weighted by molar-refractivity contribution is -0.122. The average Bonchev–Trinajstić information content (AvgIpc) is 3.97. The Balaban J connectivity index is 0.000000184. The van der Waals surface area contributed by atoms with Gasteiger partial charge in [-0.3, -0.25) is 14.5 Å². The Kier molecular flexibility index (Phi) is 11.5. The molecule has 59 heavy (non-hydrogen) atoms. The van der Waals surface area contributed by atoms with Crippen LogP contribution in [-0.2, 0) is 25.2 Å². The van der Waals surface area contributed by atoms with Crippen molar-refractivity contribution in [1.29, 1.82) is 0 Å². The first-order valence-electron chi connectivity index (χ1n) is 20.0. The summed E-state index contributed by atoms with van der Waals surface area (Å²) in [4.78, 5) is 48.4. The first-order chi connectivity index (χ1) is 27.9. The van der Waals surface area contributed by atoms with E-state index in [1.807, 2.05) is 50.2 Å². The summed E-state index contributed by atoms with van der Waals surface area (Å²) in [6.45, 7) is 9.75. The van der Waals surface area contributed by atoms with Gasteiger partial charge in [0.05, 0.1) is 35.6 Å². The third-order valence-corrected chi connectivity index (χ3v) is 11.7. The summed E-state index contributed by atoms with van der Waals surface area (Å²) in [6.07, 6.45) is 0.165. The zero-order valence-electron chi connectivity index (χ0n) is 33.9. The largest absolute Gasteiger partial charge is 0.444 e. The Labute approximate surface area is 343 Å². The number of aliphatic imine (C=N–C) groups is 2. The molecule has 308 valence electrons. The molecule has 0 bridgehead atoms. The third-order valence-electron chi connectivity index (χ3n) is 11.7. The summed E-state index contributed by atoms with van der Waals surface area (Å²) in [5.41, 5.74) is 3.30. The SMILES string of the molecule is CC(C)(C)OC(=O)N1C[C@H](O)CC1C1=NC(=O)[C@](C)(c2ccc(-c3ccccc3F)cc2)C1.C[C@@]1(c2ccc(-c3ccccc3F)cc2)CC(C2C[C@@H](O)CN2)=NC1=O. The minimum absolute atomic E-state index is 0.0338. The highest BCUT2D eigenvalue weighted by Crippen LogP contribution is 2.40. The maximum absolute atomic E-state index is 14.1. The second-order valence-electron chi connectivity index (χ2n) is 17.3. The molecule has 10 nitrogen and oxygen atoms in total. The molecular formula is C47H50F2N4O6. The van der Waals surface area contributed by atoms with Crippen molar-refractivity contribution < 1.29 is 38.1 Å². The van der Waals surface area contributed by atoms with E-state index in [-0.39, 0.29) is 42.1 Å². The molecule has 2 unspecified atom stereocenters. The topological polar surface area (TPSA) is 141 Å². The van der Waals surface area contributed by atoms with Crippen LogP contribution in [0.3, 0.4) is 0 Å². The number of nitrogens with zero attached hydrogens (tertiary/aromatic N) is 3. The molecule has 2 saturated heterocycles. The van der Waals surface area contributed by atoms with Crippen molar-refractivity contribution in [3.8, 4) is 22.3 Å². The van der Waals surface area contributed by atoms with Gasteiger partial charge < -0.3 is 20.3 Å². The lowest BCUT2D eigenvalue weighted by atomic mass is 9.78. The molecule has 0 saturated carbocycles. The molecule has 12 heteroatoms. The fraction of sp³-hybridized carbons (Fsp3) is 0.383. The molecule has 0 spiro atoms. The monoisotopic (exact) mass is 804 g/mol. The standard InChI is InChI=1S/C26H29FN2O4.C21H21FN2O2/c1-25(2,3)33-24(32)29-15-18(30)13-22(29)21-14-26(4,23(31)28-21)17-11-9-16(10-12-17)19-7-5-6-8-20(19)27;1-21(11-19(24-20(21)26)18-10-15(25)12-23-18)14-8-6-13(7-9-14)16-4-2-3-5-17(16)22/h5-12,18,22,30H,13-15H2,1-4H3;2-9,15,18,23,25H,10-12H2,1H3/t18-,22?,26+;15-,18?,21+/m11/s1. The number of hydrogen-bond acceptors (Lipinski definition) is 7. The number of hydrogen-bond donors (Lipinski definition) is 3. The highest BCUT2D eigenvalue weighted by molar-refractivity contribution is 6.12. The average molecular weight is 805 g/mol. The van der Waals surface area contributed by atoms with Crippen LogP contribution in [0, 0.1) is 11.6 Å². The number of benzene rings is 4. The second kappa shape index (κ2) is 16.3. The highest BCUT2D eigenvalue weighted by atomic mass is 19.1. The number of β-amino-alcohol motifs (C(OH)–C–C–N with tert-alkyl or cyclic N) is 2. The Morgan fingerprint density at radius 2 is 1.20 bits per heavy atom. The third kappa shape index (κ3) is 8.66. The Hall–Kier alpha value is -5.43. The minimum Gasteiger partial charge on any atom is -0.444 e. The fourth-order valence-electron chi connectivity index (χ4n) is 8.36. The molecular weight excluding hydrogens is 755 g/mol. The van der Waals surface area contributed by atoms with Gasteiger partial charge in [0.15, 0.2) is 0 Å². The molecule has 2 fully saturated rings. The van der Waals surface area contributed by atoms with Crippen LogP contribution >= 0.6 is 0 Å². The predicted octanol–water partition coefficient (Wildman–Crippen LogP) is 7.34. The molecule has 4 aliphatic rings. The van der Waals surface area contributed by atoms with E-state index in [1.165, 1.54) is 17.0 Å². The first-order valence-corrected chi connectivity index (χ1v) is 20.0. The van der Waals surface area contributed by atoms with Gasteiger partial charge in [-0.05, 0) is 75.4 Å². The first kappa shape index (κ1) is 41.7. The zero-order valence-corrected chi connectivity index (χ0v) is 33.9. The van der Waals surface area contributed by atoms with Crippen molar-refractivity contribution in [3.05, 3.63) is 120 Å². The van der Waals surface area contributed by atoms with Crippen molar-refractivity contribution in [2.75, 3.05) is 13.1 Å². The number of aliphatic hydroxyl groups excluding tert-OH is 2. The van der Waals surface area contributed by atoms with Crippen molar-refractivity contribution in [2.45, 2.75) is 101 Å². The van der Waals surface area contributed by atoms with Crippen LogP contribution in [0.5, 0.6) is 0 Å². The van der Waals surface area contributed by atoms with Crippen LogP contribution in [0.2, 0.25) is 0 Å². The van der Waals surface area contributed by atoms with E-state index in [1.54, 1.807) is 69.3 Å². The Bertz CT molecular complexity index is 2310. The van der Waals surface area contributed by atoms with Gasteiger partial charge in [0.1, 0.15) is 17.2 Å². The van der Waals surface area contributed by atoms with Crippen molar-refractivity contribution in [1.82, 2.24) is 10.2 Å². The number of aliphatic hydroxyl groups is 2. The molecule has 3 amide bonds. The van der Waals surface area contributed by atoms with Gasteiger partial charge in [-0.1, -0.05) is 84.9 Å². The van der Waals surface area contributed by atoms with Gasteiger partial charge in [0.2, 0.25) is 0 Å². The summed E-state index contributed by atoms with van der Waals surface area (Å²) in [5, 5.41) is 23.2. The van der Waals surface area contributed by atoms with Crippen LogP contribution in [0.1, 0.15) is 71.4 Å². The highest BCUT2D eigenvalue weighted by Gasteiger charge is 2.48. The van der Waals surface area contributed by atoms with Gasteiger partial charge >= 0.3 is 6.09 Å². The summed E-state index contributed by atoms with van der Waals surface area (Å²) in [7, 11) is 0. The molecule has 6 atom stereocenters. The van der Waals surface area contributed by atoms with Gasteiger partial charge in [-0.25, -0.2) is 23.6 Å². The normalized spacial score (nSPS) is 26.7. The van der Waals surface area contributed by atoms with Crippen molar-refractivity contribution in [2.24, 2.45) is 9.98 Å². The van der Waals surface area contributed by atoms with Crippen LogP contribution in [0.4, 0.5) is 13.6 Å². The fourth-order valence-corrected chi connectivity index (χ4v) is 8.36. The summed E-state index contributed by atoms with van der Waals surface area (Å²) in [6, 6.07) is 27.4. The number of carbonyl (C=O) groups is 3. The number of ether oxygens (including phenoxy) is 1. The quantitative estimate of drug-likeness (QED) is 0.185. The summed E-state index contributed by atoms with van der Waals surface area (Å²) in [5.74, 6) is -1.02. The molecule has 4 aliphatic heterocycles. The number of likely N-dealkylation sites (tertiary alicyclic amines) is 1. The van der Waals surface area contributed by atoms with E-state index in [0.29, 0.717) is 49.1 Å². The van der Waals surface area contributed by atoms with E-state index in [9.17, 15) is 33.4 Å². The molecule has 3 N–H and O–H groups in total. The van der Waals surface area contributed by atoms with E-state index in [0.717, 1.165) is 28.0 Å². The molecule has 4 aromatic rings. The van der Waals surface area contributed by atoms with Gasteiger partial charge in [-0.15, -0.1) is 0 Å². The smallest absolute Gasteiger partial charge is 0.410 e. The predicted molar refractivity (Wildman–Crippen MR) is 222 cm³/mol. The molecule has 4 heterocycles. The minimum atomic E-state index is -0.893. The van der Waals surface area contributed by atoms with E-state index < -0.39 is 34.7 Å². The van der Waals surface area contributed by atoms with Crippen molar-refractivity contribution >= 4 is 29.3 Å². The van der Waals surface area contributed by atoms with Crippen LogP contribution in [0.25, 0.3) is 22.3 Å². The van der Waals surface area contributed by atoms with E-state index in [2.05, 4.69) is 15.3 Å². The Morgan fingerprint density at radius 1 is 0.729 bits per heavy atom. The molecule has 0 radical (unpaired) electrons. The number of rotatable bonds is 6. The molecule has 4 aromatic carbocycles. The number of nitrogens with one attached hydrogen (secondary N) is 1. The molecule has 0 aromatic heterocycles. The zero-order chi connectivity index (χ0) is 42.3. The lowest BCUT2D eigenvalue weighted by Gasteiger charge is -2.29. The van der Waals surface area contributed by atoms with E-state index in [4.69, 9.17) is 4.74 Å². The Morgan fingerprint density at radius 3 is 1.66 bits per heavy atom. The molecule has 8 rings (SSSR count). The van der Waals surface area contributed by atoms with Crippen LogP contribution < -0.4 is 5.32 Å². The maximum atomic E-state index is 14.1. The van der Waals surface area contributed by atoms with Crippen LogP contribution in [0.15, 0.2) is 107 Å². The number of amides is 3. The van der Waals surface area contributed by atoms with Crippen LogP contribution in [-0.4, -0.2) is 87.4 Å². The van der Waals surface area contributed by atoms with Crippen molar-refractivity contribution in [3.63, 3.8) is 0 Å². The van der Waals surface area contributed by atoms with Gasteiger partial charge in [0, 0.05) is 54.4 Å².